The van der Waals surface area contributed by atoms with Gasteiger partial charge < -0.3 is 14.4 Å². The third-order valence-corrected chi connectivity index (χ3v) is 6.15. The minimum Gasteiger partial charge on any atom is -0.445 e. The Hall–Kier alpha value is -2.16. The lowest BCUT2D eigenvalue weighted by atomic mass is 9.93. The summed E-state index contributed by atoms with van der Waals surface area (Å²) in [5, 5.41) is 0. The van der Waals surface area contributed by atoms with Crippen molar-refractivity contribution in [3.63, 3.8) is 0 Å². The maximum atomic E-state index is 12.8. The molecular weight excluding hydrogens is 364 g/mol. The highest BCUT2D eigenvalue weighted by Crippen LogP contribution is 2.49. The first-order valence-electron chi connectivity index (χ1n) is 9.93. The van der Waals surface area contributed by atoms with Gasteiger partial charge in [0, 0.05) is 25.9 Å². The third-order valence-electron chi connectivity index (χ3n) is 6.15. The van der Waals surface area contributed by atoms with Crippen molar-refractivity contribution in [2.45, 2.75) is 56.3 Å². The quantitative estimate of drug-likeness (QED) is 0.777. The largest absolute Gasteiger partial charge is 0.445 e. The van der Waals surface area contributed by atoms with E-state index in [1.807, 2.05) is 30.3 Å². The minimum atomic E-state index is -1.48. The van der Waals surface area contributed by atoms with E-state index in [-0.39, 0.29) is 18.6 Å². The van der Waals surface area contributed by atoms with Crippen LogP contribution in [0.2, 0.25) is 0 Å². The molecule has 150 valence electrons. The fraction of sp³-hybridized carbons (Fsp3) is 0.600. The van der Waals surface area contributed by atoms with Crippen molar-refractivity contribution in [3.05, 3.63) is 35.9 Å². The number of rotatable bonds is 2. The zero-order chi connectivity index (χ0) is 19.2. The SMILES string of the molecule is O=C(OCc1ccccc1)N1C[C@H]2NOC3(OC4(CCCCC4)OC3=O)[C@H]2C1. The highest BCUT2D eigenvalue weighted by Gasteiger charge is 2.69. The van der Waals surface area contributed by atoms with Crippen molar-refractivity contribution in [2.75, 3.05) is 13.1 Å². The van der Waals surface area contributed by atoms with Crippen LogP contribution in [0.15, 0.2) is 30.3 Å². The first-order chi connectivity index (χ1) is 13.6. The smallest absolute Gasteiger partial charge is 0.410 e. The van der Waals surface area contributed by atoms with Gasteiger partial charge in [-0.15, -0.1) is 0 Å². The predicted molar refractivity (Wildman–Crippen MR) is 95.4 cm³/mol. The summed E-state index contributed by atoms with van der Waals surface area (Å²) in [6.45, 7) is 0.919. The van der Waals surface area contributed by atoms with Gasteiger partial charge in [-0.2, -0.15) is 5.48 Å². The lowest BCUT2D eigenvalue weighted by Crippen LogP contribution is -2.47. The molecule has 1 aromatic carbocycles. The maximum absolute atomic E-state index is 12.8. The average molecular weight is 388 g/mol. The number of hydroxylamine groups is 1. The number of carbonyl (C=O) groups is 2. The summed E-state index contributed by atoms with van der Waals surface area (Å²) >= 11 is 0. The van der Waals surface area contributed by atoms with Gasteiger partial charge in [0.15, 0.2) is 0 Å². The van der Waals surface area contributed by atoms with Gasteiger partial charge in [0.25, 0.3) is 5.79 Å². The number of carbonyl (C=O) groups excluding carboxylic acids is 2. The van der Waals surface area contributed by atoms with E-state index < -0.39 is 23.6 Å². The second-order valence-corrected chi connectivity index (χ2v) is 8.01. The van der Waals surface area contributed by atoms with Crippen molar-refractivity contribution < 1.29 is 28.6 Å². The Morgan fingerprint density at radius 1 is 1.18 bits per heavy atom. The third kappa shape index (κ3) is 2.87. The Morgan fingerprint density at radius 3 is 2.75 bits per heavy atom. The van der Waals surface area contributed by atoms with Gasteiger partial charge >= 0.3 is 12.1 Å². The topological polar surface area (TPSA) is 86.3 Å². The van der Waals surface area contributed by atoms with Gasteiger partial charge in [0.05, 0.1) is 12.0 Å². The molecule has 1 N–H and O–H groups in total. The molecule has 4 aliphatic rings. The lowest BCUT2D eigenvalue weighted by molar-refractivity contribution is -0.282. The molecule has 1 aliphatic carbocycles. The molecule has 3 heterocycles. The second-order valence-electron chi connectivity index (χ2n) is 8.01. The summed E-state index contributed by atoms with van der Waals surface area (Å²) < 4.78 is 17.3. The van der Waals surface area contributed by atoms with Crippen LogP contribution in [-0.4, -0.2) is 47.7 Å². The Labute approximate surface area is 163 Å². The molecule has 3 aliphatic heterocycles. The minimum absolute atomic E-state index is 0.199. The number of fused-ring (bicyclic) bond motifs is 2. The molecule has 8 nitrogen and oxygen atoms in total. The normalized spacial score (nSPS) is 33.3. The number of nitrogens with zero attached hydrogens (tertiary/aromatic N) is 1. The van der Waals surface area contributed by atoms with Gasteiger partial charge in [0.2, 0.25) is 5.79 Å². The first-order valence-corrected chi connectivity index (χ1v) is 9.93. The number of esters is 1. The summed E-state index contributed by atoms with van der Waals surface area (Å²) in [7, 11) is 0. The molecule has 1 saturated carbocycles. The van der Waals surface area contributed by atoms with Crippen LogP contribution in [-0.2, 0) is 30.4 Å². The summed E-state index contributed by atoms with van der Waals surface area (Å²) in [6, 6.07) is 9.33. The molecule has 5 rings (SSSR count). The summed E-state index contributed by atoms with van der Waals surface area (Å²) in [5.74, 6) is -3.18. The number of ether oxygens (including phenoxy) is 3. The molecule has 1 aromatic rings. The van der Waals surface area contributed by atoms with E-state index in [1.165, 1.54) is 0 Å². The van der Waals surface area contributed by atoms with Crippen molar-refractivity contribution >= 4 is 12.1 Å². The molecule has 0 radical (unpaired) electrons. The molecule has 4 fully saturated rings. The molecule has 0 aromatic heterocycles. The monoisotopic (exact) mass is 388 g/mol. The average Bonchev–Trinajstić information content (AvgIpc) is 3.36. The molecule has 0 bridgehead atoms. The zero-order valence-corrected chi connectivity index (χ0v) is 15.6. The van der Waals surface area contributed by atoms with E-state index in [1.54, 1.807) is 4.90 Å². The number of hydrogen-bond donors (Lipinski definition) is 1. The van der Waals surface area contributed by atoms with Crippen molar-refractivity contribution in [1.82, 2.24) is 10.4 Å². The number of hydrogen-bond acceptors (Lipinski definition) is 7. The summed E-state index contributed by atoms with van der Waals surface area (Å²) in [5.41, 5.74) is 3.81. The van der Waals surface area contributed by atoms with Crippen molar-refractivity contribution in [2.24, 2.45) is 5.92 Å². The highest BCUT2D eigenvalue weighted by molar-refractivity contribution is 5.81. The van der Waals surface area contributed by atoms with Crippen molar-refractivity contribution in [1.29, 1.82) is 0 Å². The summed E-state index contributed by atoms with van der Waals surface area (Å²) in [4.78, 5) is 32.5. The fourth-order valence-electron chi connectivity index (χ4n) is 4.67. The molecule has 28 heavy (non-hydrogen) atoms. The van der Waals surface area contributed by atoms with E-state index in [4.69, 9.17) is 19.0 Å². The predicted octanol–water partition coefficient (Wildman–Crippen LogP) is 2.09. The van der Waals surface area contributed by atoms with Gasteiger partial charge in [0.1, 0.15) is 6.61 Å². The Bertz CT molecular complexity index is 765. The molecular formula is C20H24N2O6. The summed E-state index contributed by atoms with van der Waals surface area (Å²) in [6.07, 6.45) is 4.00. The van der Waals surface area contributed by atoms with E-state index in [2.05, 4.69) is 5.48 Å². The van der Waals surface area contributed by atoms with Crippen LogP contribution in [0.5, 0.6) is 0 Å². The van der Waals surface area contributed by atoms with E-state index in [0.29, 0.717) is 25.9 Å². The maximum Gasteiger partial charge on any atom is 0.410 e. The van der Waals surface area contributed by atoms with E-state index >= 15 is 0 Å². The number of nitrogens with one attached hydrogen (secondary N) is 1. The van der Waals surface area contributed by atoms with Gasteiger partial charge in [-0.3, -0.25) is 9.57 Å². The molecule has 1 amide bonds. The Balaban J connectivity index is 1.26. The van der Waals surface area contributed by atoms with Gasteiger partial charge in [-0.05, 0) is 18.4 Å². The Morgan fingerprint density at radius 2 is 1.96 bits per heavy atom. The van der Waals surface area contributed by atoms with Gasteiger partial charge in [-0.25, -0.2) is 9.59 Å². The fourth-order valence-corrected chi connectivity index (χ4v) is 4.67. The van der Waals surface area contributed by atoms with E-state index in [0.717, 1.165) is 24.8 Å². The molecule has 3 saturated heterocycles. The van der Waals surface area contributed by atoms with Crippen LogP contribution in [0.3, 0.4) is 0 Å². The standard InChI is InChI=1S/C20H24N2O6/c23-17-20(27-19(26-17)9-5-2-6-10-19)15-11-22(12-16(15)21-28-20)18(24)25-13-14-7-3-1-4-8-14/h1,3-4,7-8,15-16,21H,2,5-6,9-13H2/t15-,16+,20?/m0/s1. The highest BCUT2D eigenvalue weighted by atomic mass is 16.9. The van der Waals surface area contributed by atoms with Crippen LogP contribution in [0, 0.1) is 5.92 Å². The van der Waals surface area contributed by atoms with Gasteiger partial charge in [-0.1, -0.05) is 36.8 Å². The van der Waals surface area contributed by atoms with Crippen LogP contribution < -0.4 is 5.48 Å². The van der Waals surface area contributed by atoms with Crippen LogP contribution in [0.25, 0.3) is 0 Å². The molecule has 1 unspecified atom stereocenters. The first kappa shape index (κ1) is 17.9. The number of benzene rings is 1. The zero-order valence-electron chi connectivity index (χ0n) is 15.6. The number of likely N-dealkylation sites (tertiary alicyclic amines) is 1. The van der Waals surface area contributed by atoms with Crippen LogP contribution in [0.4, 0.5) is 4.79 Å². The molecule has 3 atom stereocenters. The Kier molecular flexibility index (Phi) is 4.30. The lowest BCUT2D eigenvalue weighted by Gasteiger charge is -2.32. The molecule has 8 heteroatoms. The second kappa shape index (κ2) is 6.72. The van der Waals surface area contributed by atoms with E-state index in [9.17, 15) is 9.59 Å². The number of amides is 1. The molecule has 2 spiro atoms. The van der Waals surface area contributed by atoms with Crippen LogP contribution >= 0.6 is 0 Å². The van der Waals surface area contributed by atoms with Crippen molar-refractivity contribution in [3.8, 4) is 0 Å². The van der Waals surface area contributed by atoms with Crippen LogP contribution in [0.1, 0.15) is 37.7 Å².